The number of rotatable bonds is 8. The number of nitrogens with zero attached hydrogens (tertiary/aromatic N) is 1. The first-order valence-corrected chi connectivity index (χ1v) is 7.02. The quantitative estimate of drug-likeness (QED) is 0.590. The zero-order valence-electron chi connectivity index (χ0n) is 11.2. The smallest absolute Gasteiger partial charge is 0.133 e. The first kappa shape index (κ1) is 17.0. The molecule has 1 N–H and O–H groups in total. The second-order valence-electron chi connectivity index (χ2n) is 4.22. The average Bonchev–Trinajstić information content (AvgIpc) is 2.44. The molecule has 0 saturated heterocycles. The van der Waals surface area contributed by atoms with Crippen LogP contribution in [0.5, 0.6) is 0 Å². The van der Waals surface area contributed by atoms with E-state index in [0.717, 1.165) is 5.56 Å². The fourth-order valence-electron chi connectivity index (χ4n) is 1.69. The maximum absolute atomic E-state index is 11.6. The molecule has 0 atom stereocenters. The Morgan fingerprint density at radius 2 is 2.00 bits per heavy atom. The van der Waals surface area contributed by atoms with Crippen LogP contribution in [0, 0.1) is 0 Å². The minimum atomic E-state index is 0.0253. The Morgan fingerprint density at radius 1 is 1.25 bits per heavy atom. The van der Waals surface area contributed by atoms with Crippen molar-refractivity contribution in [1.29, 1.82) is 0 Å². The van der Waals surface area contributed by atoms with Crippen molar-refractivity contribution < 1.29 is 14.7 Å². The molecule has 1 rings (SSSR count). The van der Waals surface area contributed by atoms with Gasteiger partial charge < -0.3 is 9.94 Å². The largest absolute Gasteiger partial charge is 0.399 e. The molecule has 4 nitrogen and oxygen atoms in total. The zero-order valence-corrected chi connectivity index (χ0v) is 12.7. The predicted octanol–water partition coefficient (Wildman–Crippen LogP) is 3.47. The van der Waals surface area contributed by atoms with Crippen molar-refractivity contribution in [2.24, 2.45) is 5.16 Å². The van der Waals surface area contributed by atoms with Gasteiger partial charge in [0, 0.05) is 31.4 Å². The van der Waals surface area contributed by atoms with Crippen molar-refractivity contribution in [2.75, 3.05) is 13.7 Å². The highest BCUT2D eigenvalue weighted by atomic mass is 35.5. The Labute approximate surface area is 128 Å². The number of benzene rings is 1. The number of ketones is 1. The van der Waals surface area contributed by atoms with Crippen molar-refractivity contribution in [3.63, 3.8) is 0 Å². The van der Waals surface area contributed by atoms with E-state index in [1.54, 1.807) is 18.2 Å². The molecular weight excluding hydrogens is 301 g/mol. The second kappa shape index (κ2) is 8.95. The van der Waals surface area contributed by atoms with E-state index < -0.39 is 0 Å². The van der Waals surface area contributed by atoms with Crippen molar-refractivity contribution >= 4 is 34.7 Å². The van der Waals surface area contributed by atoms with Crippen molar-refractivity contribution in [3.8, 4) is 0 Å². The summed E-state index contributed by atoms with van der Waals surface area (Å²) in [6, 6.07) is 5.15. The minimum Gasteiger partial charge on any atom is -0.399 e. The number of aliphatic hydroxyl groups excluding tert-OH is 1. The van der Waals surface area contributed by atoms with E-state index >= 15 is 0 Å². The SMILES string of the molecule is CON=C(CCC(=O)CCCO)c1ccc(Cl)c(Cl)c1. The van der Waals surface area contributed by atoms with Gasteiger partial charge in [-0.2, -0.15) is 0 Å². The molecule has 1 aromatic rings. The van der Waals surface area contributed by atoms with Crippen LogP contribution < -0.4 is 0 Å². The molecule has 110 valence electrons. The molecule has 0 spiro atoms. The molecule has 0 amide bonds. The highest BCUT2D eigenvalue weighted by molar-refractivity contribution is 6.42. The summed E-state index contributed by atoms with van der Waals surface area (Å²) in [6.07, 6.45) is 1.67. The summed E-state index contributed by atoms with van der Waals surface area (Å²) in [6.45, 7) is 0.0253. The van der Waals surface area contributed by atoms with E-state index in [4.69, 9.17) is 33.1 Å². The molecule has 1 aromatic carbocycles. The van der Waals surface area contributed by atoms with Gasteiger partial charge in [-0.1, -0.05) is 34.4 Å². The number of hydrogen-bond acceptors (Lipinski definition) is 4. The van der Waals surface area contributed by atoms with Crippen LogP contribution in [0.3, 0.4) is 0 Å². The van der Waals surface area contributed by atoms with Crippen LogP contribution in [0.2, 0.25) is 10.0 Å². The van der Waals surface area contributed by atoms with Gasteiger partial charge in [-0.05, 0) is 18.6 Å². The van der Waals surface area contributed by atoms with Gasteiger partial charge in [0.1, 0.15) is 12.9 Å². The molecule has 0 heterocycles. The van der Waals surface area contributed by atoms with Crippen molar-refractivity contribution in [2.45, 2.75) is 25.7 Å². The molecule has 0 aliphatic heterocycles. The average molecular weight is 318 g/mol. The lowest BCUT2D eigenvalue weighted by Gasteiger charge is -2.07. The van der Waals surface area contributed by atoms with Gasteiger partial charge in [-0.25, -0.2) is 0 Å². The van der Waals surface area contributed by atoms with Gasteiger partial charge in [-0.3, -0.25) is 4.79 Å². The van der Waals surface area contributed by atoms with E-state index in [0.29, 0.717) is 41.4 Å². The van der Waals surface area contributed by atoms with Crippen LogP contribution in [0.25, 0.3) is 0 Å². The molecule has 0 fully saturated rings. The van der Waals surface area contributed by atoms with Gasteiger partial charge in [0.15, 0.2) is 0 Å². The Bertz CT molecular complexity index is 489. The number of oxime groups is 1. The van der Waals surface area contributed by atoms with Gasteiger partial charge >= 0.3 is 0 Å². The number of carbonyl (C=O) groups is 1. The topological polar surface area (TPSA) is 58.9 Å². The normalized spacial score (nSPS) is 11.5. The number of halogens is 2. The third-order valence-electron chi connectivity index (χ3n) is 2.71. The molecular formula is C14H17Cl2NO3. The van der Waals surface area contributed by atoms with Crippen LogP contribution in [-0.4, -0.2) is 30.3 Å². The van der Waals surface area contributed by atoms with Crippen molar-refractivity contribution in [1.82, 2.24) is 0 Å². The third kappa shape index (κ3) is 5.49. The molecule has 0 aliphatic carbocycles. The molecule has 0 aliphatic rings. The van der Waals surface area contributed by atoms with Gasteiger partial charge in [0.2, 0.25) is 0 Å². The first-order chi connectivity index (χ1) is 9.58. The number of aliphatic hydroxyl groups is 1. The molecule has 6 heteroatoms. The fraction of sp³-hybridized carbons (Fsp3) is 0.429. The molecule has 0 radical (unpaired) electrons. The lowest BCUT2D eigenvalue weighted by atomic mass is 10.0. The summed E-state index contributed by atoms with van der Waals surface area (Å²) in [5.41, 5.74) is 1.42. The zero-order chi connectivity index (χ0) is 15.0. The summed E-state index contributed by atoms with van der Waals surface area (Å²) >= 11 is 11.8. The standard InChI is InChI=1S/C14H17Cl2NO3/c1-20-17-14(7-5-11(19)3-2-8-18)10-4-6-12(15)13(16)9-10/h4,6,9,18H,2-3,5,7-8H2,1H3. The predicted molar refractivity (Wildman–Crippen MR) is 80.6 cm³/mol. The van der Waals surface area contributed by atoms with Crippen LogP contribution in [0.1, 0.15) is 31.2 Å². The Kier molecular flexibility index (Phi) is 7.59. The highest BCUT2D eigenvalue weighted by Gasteiger charge is 2.10. The molecule has 0 bridgehead atoms. The molecule has 0 aromatic heterocycles. The van der Waals surface area contributed by atoms with E-state index in [-0.39, 0.29) is 12.4 Å². The van der Waals surface area contributed by atoms with E-state index in [1.807, 2.05) is 0 Å². The Morgan fingerprint density at radius 3 is 2.60 bits per heavy atom. The van der Waals surface area contributed by atoms with Crippen LogP contribution in [0.15, 0.2) is 23.4 Å². The van der Waals surface area contributed by atoms with Crippen LogP contribution in [0.4, 0.5) is 0 Å². The molecule has 0 saturated carbocycles. The summed E-state index contributed by atoms with van der Waals surface area (Å²) in [5, 5.41) is 13.5. The third-order valence-corrected chi connectivity index (χ3v) is 3.45. The van der Waals surface area contributed by atoms with Crippen LogP contribution in [-0.2, 0) is 9.63 Å². The fourth-order valence-corrected chi connectivity index (χ4v) is 1.99. The first-order valence-electron chi connectivity index (χ1n) is 6.26. The number of Topliss-reactive ketones (excluding diaryl/α,β-unsaturated/α-hetero) is 1. The number of carbonyl (C=O) groups excluding carboxylic acids is 1. The van der Waals surface area contributed by atoms with E-state index in [9.17, 15) is 4.79 Å². The second-order valence-corrected chi connectivity index (χ2v) is 5.03. The maximum atomic E-state index is 11.6. The van der Waals surface area contributed by atoms with Crippen LogP contribution >= 0.6 is 23.2 Å². The molecule has 0 unspecified atom stereocenters. The minimum absolute atomic E-state index is 0.0253. The Hall–Kier alpha value is -1.10. The van der Waals surface area contributed by atoms with Gasteiger partial charge in [0.05, 0.1) is 15.8 Å². The van der Waals surface area contributed by atoms with E-state index in [1.165, 1.54) is 7.11 Å². The summed E-state index contributed by atoms with van der Waals surface area (Å²) in [7, 11) is 1.45. The maximum Gasteiger partial charge on any atom is 0.133 e. The summed E-state index contributed by atoms with van der Waals surface area (Å²) in [4.78, 5) is 16.4. The lowest BCUT2D eigenvalue weighted by Crippen LogP contribution is -2.07. The van der Waals surface area contributed by atoms with Gasteiger partial charge in [0.25, 0.3) is 0 Å². The monoisotopic (exact) mass is 317 g/mol. The Balaban J connectivity index is 2.72. The number of hydrogen-bond donors (Lipinski definition) is 1. The highest BCUT2D eigenvalue weighted by Crippen LogP contribution is 2.23. The molecule has 20 heavy (non-hydrogen) atoms. The van der Waals surface area contributed by atoms with Crippen molar-refractivity contribution in [3.05, 3.63) is 33.8 Å². The van der Waals surface area contributed by atoms with E-state index in [2.05, 4.69) is 5.16 Å². The summed E-state index contributed by atoms with van der Waals surface area (Å²) in [5.74, 6) is 0.0860. The van der Waals surface area contributed by atoms with Gasteiger partial charge in [-0.15, -0.1) is 0 Å². The summed E-state index contributed by atoms with van der Waals surface area (Å²) < 4.78 is 0. The lowest BCUT2D eigenvalue weighted by molar-refractivity contribution is -0.119.